The van der Waals surface area contributed by atoms with Gasteiger partial charge in [0.1, 0.15) is 0 Å². The number of carboxylic acids is 1. The summed E-state index contributed by atoms with van der Waals surface area (Å²) in [6, 6.07) is 0.00565. The van der Waals surface area contributed by atoms with Crippen LogP contribution in [0.4, 0.5) is 0 Å². The number of carbonyl (C=O) groups is 1. The second-order valence-electron chi connectivity index (χ2n) is 2.69. The molecule has 0 aliphatic carbocycles. The van der Waals surface area contributed by atoms with Crippen LogP contribution in [0.5, 0.6) is 0 Å². The molecule has 2 atom stereocenters. The van der Waals surface area contributed by atoms with Gasteiger partial charge in [-0.15, -0.1) is 0 Å². The van der Waals surface area contributed by atoms with Crippen LogP contribution in [-0.2, 0) is 14.3 Å². The van der Waals surface area contributed by atoms with E-state index in [1.807, 2.05) is 0 Å². The maximum atomic E-state index is 10.2. The van der Waals surface area contributed by atoms with Crippen LogP contribution in [0.25, 0.3) is 0 Å². The van der Waals surface area contributed by atoms with Crippen molar-refractivity contribution in [1.82, 2.24) is 5.32 Å². The molecule has 0 bridgehead atoms. The number of hydrogen-bond acceptors (Lipinski definition) is 4. The molecule has 5 heteroatoms. The van der Waals surface area contributed by atoms with Gasteiger partial charge in [0.2, 0.25) is 0 Å². The van der Waals surface area contributed by atoms with Gasteiger partial charge in [-0.1, -0.05) is 0 Å². The molecule has 0 unspecified atom stereocenters. The fourth-order valence-corrected chi connectivity index (χ4v) is 1.18. The van der Waals surface area contributed by atoms with E-state index in [1.165, 1.54) is 0 Å². The van der Waals surface area contributed by atoms with Crippen LogP contribution in [0.1, 0.15) is 0 Å². The van der Waals surface area contributed by atoms with Crippen molar-refractivity contribution in [2.45, 2.75) is 12.1 Å². The minimum Gasteiger partial charge on any atom is -0.480 e. The van der Waals surface area contributed by atoms with Crippen molar-refractivity contribution in [1.29, 1.82) is 0 Å². The second kappa shape index (κ2) is 4.39. The first-order valence-corrected chi connectivity index (χ1v) is 3.79. The summed E-state index contributed by atoms with van der Waals surface area (Å²) in [7, 11) is 1.59. The summed E-state index contributed by atoms with van der Waals surface area (Å²) in [5.41, 5.74) is 0. The Hall–Kier alpha value is -0.650. The standard InChI is InChI=1S/C7H13NO4/c1-11-6-4-12-3-5(6)8-2-7(9)10/h5-6,8H,2-4H2,1H3,(H,9,10)/t5-,6+/m1/s1. The highest BCUT2D eigenvalue weighted by Gasteiger charge is 2.27. The number of aliphatic carboxylic acids is 1. The SMILES string of the molecule is CO[C@H]1COC[C@H]1NCC(=O)O. The molecule has 0 saturated carbocycles. The van der Waals surface area contributed by atoms with Gasteiger partial charge in [-0.2, -0.15) is 0 Å². The highest BCUT2D eigenvalue weighted by Crippen LogP contribution is 2.07. The van der Waals surface area contributed by atoms with Crippen LogP contribution in [0.15, 0.2) is 0 Å². The smallest absolute Gasteiger partial charge is 0.317 e. The van der Waals surface area contributed by atoms with Gasteiger partial charge in [0.25, 0.3) is 0 Å². The Kier molecular flexibility index (Phi) is 3.46. The molecule has 5 nitrogen and oxygen atoms in total. The average molecular weight is 175 g/mol. The molecule has 1 saturated heterocycles. The van der Waals surface area contributed by atoms with E-state index in [0.29, 0.717) is 13.2 Å². The zero-order valence-electron chi connectivity index (χ0n) is 6.95. The van der Waals surface area contributed by atoms with E-state index in [9.17, 15) is 4.79 Å². The van der Waals surface area contributed by atoms with Crippen molar-refractivity contribution in [3.05, 3.63) is 0 Å². The Morgan fingerprint density at radius 2 is 2.50 bits per heavy atom. The normalized spacial score (nSPS) is 29.1. The third-order valence-electron chi connectivity index (χ3n) is 1.85. The number of hydrogen-bond donors (Lipinski definition) is 2. The van der Waals surface area contributed by atoms with Gasteiger partial charge in [-0.05, 0) is 0 Å². The minimum absolute atomic E-state index is 0.00565. The van der Waals surface area contributed by atoms with Crippen molar-refractivity contribution in [2.24, 2.45) is 0 Å². The van der Waals surface area contributed by atoms with E-state index in [0.717, 1.165) is 0 Å². The first-order chi connectivity index (χ1) is 5.74. The maximum absolute atomic E-state index is 10.2. The molecule has 1 aliphatic heterocycles. The fourth-order valence-electron chi connectivity index (χ4n) is 1.18. The van der Waals surface area contributed by atoms with Gasteiger partial charge >= 0.3 is 5.97 Å². The third-order valence-corrected chi connectivity index (χ3v) is 1.85. The summed E-state index contributed by atoms with van der Waals surface area (Å²) in [6.45, 7) is 1.01. The van der Waals surface area contributed by atoms with Crippen LogP contribution in [0.2, 0.25) is 0 Å². The summed E-state index contributed by atoms with van der Waals surface area (Å²) in [5, 5.41) is 11.2. The summed E-state index contributed by atoms with van der Waals surface area (Å²) in [5.74, 6) is -0.864. The molecule has 0 amide bonds. The number of ether oxygens (including phenoxy) is 2. The van der Waals surface area contributed by atoms with Crippen LogP contribution in [0, 0.1) is 0 Å². The van der Waals surface area contributed by atoms with E-state index < -0.39 is 5.97 Å². The molecule has 70 valence electrons. The zero-order chi connectivity index (χ0) is 8.97. The van der Waals surface area contributed by atoms with Gasteiger partial charge in [0.15, 0.2) is 0 Å². The average Bonchev–Trinajstić information content (AvgIpc) is 2.47. The van der Waals surface area contributed by atoms with Crippen LogP contribution in [0.3, 0.4) is 0 Å². The van der Waals surface area contributed by atoms with Gasteiger partial charge in [-0.3, -0.25) is 10.1 Å². The number of nitrogens with one attached hydrogen (secondary N) is 1. The molecular weight excluding hydrogens is 162 g/mol. The molecule has 0 aromatic rings. The Balaban J connectivity index is 2.26. The topological polar surface area (TPSA) is 67.8 Å². The molecule has 1 rings (SSSR count). The Morgan fingerprint density at radius 1 is 1.75 bits per heavy atom. The van der Waals surface area contributed by atoms with Gasteiger partial charge in [0.05, 0.1) is 31.9 Å². The van der Waals surface area contributed by atoms with Crippen LogP contribution < -0.4 is 5.32 Å². The lowest BCUT2D eigenvalue weighted by atomic mass is 10.2. The maximum Gasteiger partial charge on any atom is 0.317 e. The monoisotopic (exact) mass is 175 g/mol. The minimum atomic E-state index is -0.864. The lowest BCUT2D eigenvalue weighted by molar-refractivity contribution is -0.136. The first-order valence-electron chi connectivity index (χ1n) is 3.79. The van der Waals surface area contributed by atoms with Crippen LogP contribution in [-0.4, -0.2) is 50.1 Å². The van der Waals surface area contributed by atoms with Crippen molar-refractivity contribution < 1.29 is 19.4 Å². The summed E-state index contributed by atoms with van der Waals surface area (Å²) in [6.07, 6.45) is -0.0238. The molecule has 1 aliphatic rings. The molecule has 0 aromatic heterocycles. The molecule has 1 heterocycles. The zero-order valence-corrected chi connectivity index (χ0v) is 6.95. The van der Waals surface area contributed by atoms with E-state index >= 15 is 0 Å². The van der Waals surface area contributed by atoms with Gasteiger partial charge < -0.3 is 14.6 Å². The van der Waals surface area contributed by atoms with Gasteiger partial charge in [0, 0.05) is 7.11 Å². The largest absolute Gasteiger partial charge is 0.480 e. The molecule has 1 fully saturated rings. The van der Waals surface area contributed by atoms with Crippen molar-refractivity contribution >= 4 is 5.97 Å². The molecular formula is C7H13NO4. The second-order valence-corrected chi connectivity index (χ2v) is 2.69. The Bertz CT molecular complexity index is 161. The predicted octanol–water partition coefficient (Wildman–Crippen LogP) is -0.926. The number of rotatable bonds is 4. The lowest BCUT2D eigenvalue weighted by Crippen LogP contribution is -2.42. The lowest BCUT2D eigenvalue weighted by Gasteiger charge is -2.15. The Morgan fingerprint density at radius 3 is 3.08 bits per heavy atom. The molecule has 0 radical (unpaired) electrons. The number of methoxy groups -OCH3 is 1. The van der Waals surface area contributed by atoms with Crippen molar-refractivity contribution in [3.8, 4) is 0 Å². The summed E-state index contributed by atoms with van der Waals surface area (Å²) >= 11 is 0. The Labute approximate surface area is 70.7 Å². The highest BCUT2D eigenvalue weighted by molar-refractivity contribution is 5.69. The molecule has 0 aromatic carbocycles. The van der Waals surface area contributed by atoms with E-state index in [1.54, 1.807) is 7.11 Å². The van der Waals surface area contributed by atoms with Gasteiger partial charge in [-0.25, -0.2) is 0 Å². The predicted molar refractivity (Wildman–Crippen MR) is 41.0 cm³/mol. The van der Waals surface area contributed by atoms with E-state index in [-0.39, 0.29) is 18.7 Å². The third kappa shape index (κ3) is 2.44. The van der Waals surface area contributed by atoms with E-state index in [4.69, 9.17) is 14.6 Å². The van der Waals surface area contributed by atoms with E-state index in [2.05, 4.69) is 5.32 Å². The summed E-state index contributed by atoms with van der Waals surface area (Å²) < 4.78 is 10.2. The number of carboxylic acid groups (broad SMARTS) is 1. The van der Waals surface area contributed by atoms with Crippen LogP contribution >= 0.6 is 0 Å². The molecule has 0 spiro atoms. The van der Waals surface area contributed by atoms with Crippen molar-refractivity contribution in [3.63, 3.8) is 0 Å². The highest BCUT2D eigenvalue weighted by atomic mass is 16.5. The first kappa shape index (κ1) is 9.44. The fraction of sp³-hybridized carbons (Fsp3) is 0.857. The molecule has 12 heavy (non-hydrogen) atoms. The quantitative estimate of drug-likeness (QED) is 0.578. The summed E-state index contributed by atoms with van der Waals surface area (Å²) in [4.78, 5) is 10.2. The van der Waals surface area contributed by atoms with Crippen molar-refractivity contribution in [2.75, 3.05) is 26.9 Å². The molecule has 2 N–H and O–H groups in total.